The van der Waals surface area contributed by atoms with Crippen molar-refractivity contribution >= 4 is 5.97 Å². The topological polar surface area (TPSA) is 61.5 Å². The zero-order valence-corrected chi connectivity index (χ0v) is 17.7. The zero-order chi connectivity index (χ0) is 21.0. The van der Waals surface area contributed by atoms with Crippen molar-refractivity contribution in [2.75, 3.05) is 13.7 Å². The lowest BCUT2D eigenvalue weighted by Gasteiger charge is -2.33. The maximum atomic E-state index is 11.2. The Hall–Kier alpha value is -2.43. The fourth-order valence-electron chi connectivity index (χ4n) is 5.03. The fraction of sp³-hybridized carbons (Fsp3) is 0.423. The standard InChI is InChI=1S/C26H31NO3/c1-29-24(28)11-7-2-3-8-16-26-18-25(19-30-26,17-23(26)27)22-14-12-21(13-15-22)20-9-5-4-6-10-20/h3-6,8-10,12-15,23H,2,7,11,16-19,27H2,1H3/t23-,25-,26-/m0/s1. The summed E-state index contributed by atoms with van der Waals surface area (Å²) in [5.74, 6) is -0.151. The first kappa shape index (κ1) is 20.8. The number of benzene rings is 2. The normalized spacial score (nSPS) is 27.6. The van der Waals surface area contributed by atoms with Gasteiger partial charge >= 0.3 is 5.97 Å². The molecule has 4 nitrogen and oxygen atoms in total. The Bertz CT molecular complexity index is 892. The average molecular weight is 406 g/mol. The van der Waals surface area contributed by atoms with Crippen LogP contribution in [0.5, 0.6) is 0 Å². The predicted octanol–water partition coefficient (Wildman–Crippen LogP) is 4.77. The Balaban J connectivity index is 1.39. The van der Waals surface area contributed by atoms with Gasteiger partial charge in [0.25, 0.3) is 0 Å². The third kappa shape index (κ3) is 4.07. The van der Waals surface area contributed by atoms with Crippen LogP contribution in [0.1, 0.15) is 44.1 Å². The smallest absolute Gasteiger partial charge is 0.305 e. The van der Waals surface area contributed by atoms with Crippen molar-refractivity contribution in [2.24, 2.45) is 5.73 Å². The maximum absolute atomic E-state index is 11.2. The number of hydrogen-bond acceptors (Lipinski definition) is 4. The van der Waals surface area contributed by atoms with Gasteiger partial charge in [0.05, 0.1) is 19.3 Å². The van der Waals surface area contributed by atoms with Crippen molar-refractivity contribution in [3.8, 4) is 11.1 Å². The number of allylic oxidation sites excluding steroid dienone is 1. The molecule has 0 aromatic heterocycles. The first-order valence-corrected chi connectivity index (χ1v) is 10.8. The van der Waals surface area contributed by atoms with E-state index in [0.717, 1.165) is 38.7 Å². The summed E-state index contributed by atoms with van der Waals surface area (Å²) in [5.41, 5.74) is 10.1. The van der Waals surface area contributed by atoms with Crippen LogP contribution in [0, 0.1) is 0 Å². The molecule has 0 amide bonds. The van der Waals surface area contributed by atoms with Crippen LogP contribution >= 0.6 is 0 Å². The van der Waals surface area contributed by atoms with Gasteiger partial charge < -0.3 is 15.2 Å². The van der Waals surface area contributed by atoms with Crippen LogP contribution in [0.3, 0.4) is 0 Å². The van der Waals surface area contributed by atoms with Gasteiger partial charge in [-0.15, -0.1) is 0 Å². The minimum absolute atomic E-state index is 0.0212. The number of carbonyl (C=O) groups excluding carboxylic acids is 1. The zero-order valence-electron chi connectivity index (χ0n) is 17.7. The van der Waals surface area contributed by atoms with Gasteiger partial charge in [-0.3, -0.25) is 4.79 Å². The number of ether oxygens (including phenoxy) is 2. The Morgan fingerprint density at radius 1 is 1.13 bits per heavy atom. The van der Waals surface area contributed by atoms with Crippen LogP contribution in [0.4, 0.5) is 0 Å². The van der Waals surface area contributed by atoms with Crippen LogP contribution in [0.25, 0.3) is 11.1 Å². The number of carbonyl (C=O) groups is 1. The van der Waals surface area contributed by atoms with Crippen LogP contribution in [-0.2, 0) is 19.7 Å². The van der Waals surface area contributed by atoms with Gasteiger partial charge in [0.2, 0.25) is 0 Å². The molecule has 1 saturated carbocycles. The molecule has 1 aliphatic heterocycles. The molecule has 2 aliphatic rings. The first-order chi connectivity index (χ1) is 14.6. The Morgan fingerprint density at radius 3 is 2.57 bits per heavy atom. The molecule has 158 valence electrons. The average Bonchev–Trinajstić information content (AvgIpc) is 3.30. The molecule has 4 heteroatoms. The van der Waals surface area contributed by atoms with E-state index in [1.165, 1.54) is 23.8 Å². The first-order valence-electron chi connectivity index (χ1n) is 10.8. The summed E-state index contributed by atoms with van der Waals surface area (Å²) in [5, 5.41) is 0. The molecule has 0 radical (unpaired) electrons. The second-order valence-corrected chi connectivity index (χ2v) is 8.71. The van der Waals surface area contributed by atoms with Crippen molar-refractivity contribution in [2.45, 2.75) is 55.6 Å². The van der Waals surface area contributed by atoms with Crippen LogP contribution in [0.2, 0.25) is 0 Å². The minimum atomic E-state index is -0.267. The molecule has 0 spiro atoms. The molecule has 0 unspecified atom stereocenters. The number of unbranched alkanes of at least 4 members (excludes halogenated alkanes) is 1. The van der Waals surface area contributed by atoms with E-state index in [9.17, 15) is 4.79 Å². The quantitative estimate of drug-likeness (QED) is 0.390. The van der Waals surface area contributed by atoms with Gasteiger partial charge in [-0.1, -0.05) is 66.7 Å². The molecule has 2 aromatic rings. The molecule has 4 rings (SSSR count). The third-order valence-electron chi connectivity index (χ3n) is 6.77. The highest BCUT2D eigenvalue weighted by Crippen LogP contribution is 2.55. The second-order valence-electron chi connectivity index (χ2n) is 8.71. The van der Waals surface area contributed by atoms with Crippen LogP contribution < -0.4 is 5.73 Å². The molecule has 1 heterocycles. The summed E-state index contributed by atoms with van der Waals surface area (Å²) in [6, 6.07) is 19.4. The Kier molecular flexibility index (Phi) is 6.07. The second kappa shape index (κ2) is 8.75. The van der Waals surface area contributed by atoms with E-state index in [-0.39, 0.29) is 23.0 Å². The van der Waals surface area contributed by atoms with Crippen molar-refractivity contribution < 1.29 is 14.3 Å². The number of esters is 1. The molecule has 30 heavy (non-hydrogen) atoms. The van der Waals surface area contributed by atoms with Gasteiger partial charge in [-0.25, -0.2) is 0 Å². The maximum Gasteiger partial charge on any atom is 0.305 e. The van der Waals surface area contributed by atoms with Crippen molar-refractivity contribution in [1.29, 1.82) is 0 Å². The molecule has 1 saturated heterocycles. The van der Waals surface area contributed by atoms with Crippen molar-refractivity contribution in [1.82, 2.24) is 0 Å². The highest BCUT2D eigenvalue weighted by atomic mass is 16.5. The number of methoxy groups -OCH3 is 1. The molecule has 2 bridgehead atoms. The van der Waals surface area contributed by atoms with Gasteiger partial charge in [0, 0.05) is 17.9 Å². The van der Waals surface area contributed by atoms with E-state index >= 15 is 0 Å². The number of rotatable bonds is 8. The number of nitrogens with two attached hydrogens (primary N) is 1. The van der Waals surface area contributed by atoms with Crippen LogP contribution in [0.15, 0.2) is 66.7 Å². The Labute approximate surface area is 179 Å². The monoisotopic (exact) mass is 405 g/mol. The van der Waals surface area contributed by atoms with E-state index in [1.54, 1.807) is 0 Å². The van der Waals surface area contributed by atoms with E-state index < -0.39 is 0 Å². The van der Waals surface area contributed by atoms with Crippen molar-refractivity contribution in [3.05, 3.63) is 72.3 Å². The third-order valence-corrected chi connectivity index (χ3v) is 6.77. The van der Waals surface area contributed by atoms with Gasteiger partial charge in [0.1, 0.15) is 0 Å². The van der Waals surface area contributed by atoms with Crippen molar-refractivity contribution in [3.63, 3.8) is 0 Å². The highest BCUT2D eigenvalue weighted by Gasteiger charge is 2.60. The minimum Gasteiger partial charge on any atom is -0.469 e. The lowest BCUT2D eigenvalue weighted by molar-refractivity contribution is -0.140. The fourth-order valence-corrected chi connectivity index (χ4v) is 5.03. The summed E-state index contributed by atoms with van der Waals surface area (Å²) in [7, 11) is 1.43. The summed E-state index contributed by atoms with van der Waals surface area (Å²) < 4.78 is 11.0. The molecule has 2 aromatic carbocycles. The van der Waals surface area contributed by atoms with Gasteiger partial charge in [-0.2, -0.15) is 0 Å². The molecule has 2 N–H and O–H groups in total. The summed E-state index contributed by atoms with van der Waals surface area (Å²) in [6.07, 6.45) is 9.22. The van der Waals surface area contributed by atoms with E-state index in [4.69, 9.17) is 10.5 Å². The number of fused-ring (bicyclic) bond motifs is 2. The lowest BCUT2D eigenvalue weighted by Crippen LogP contribution is -2.46. The largest absolute Gasteiger partial charge is 0.469 e. The van der Waals surface area contributed by atoms with Gasteiger partial charge in [0.15, 0.2) is 0 Å². The van der Waals surface area contributed by atoms with Gasteiger partial charge in [-0.05, 0) is 48.8 Å². The van der Waals surface area contributed by atoms with Crippen LogP contribution in [-0.4, -0.2) is 31.3 Å². The molecular formula is C26H31NO3. The van der Waals surface area contributed by atoms with E-state index in [1.807, 2.05) is 6.07 Å². The Morgan fingerprint density at radius 2 is 1.87 bits per heavy atom. The van der Waals surface area contributed by atoms with E-state index in [2.05, 4.69) is 65.4 Å². The SMILES string of the molecule is COC(=O)CCCC=CC[C@@]12C[C@](c3ccc(-c4ccccc4)cc3)(CO1)C[C@@H]2N. The highest BCUT2D eigenvalue weighted by molar-refractivity contribution is 5.69. The summed E-state index contributed by atoms with van der Waals surface area (Å²) in [6.45, 7) is 0.738. The molecular weight excluding hydrogens is 374 g/mol. The molecule has 3 atom stereocenters. The molecule has 1 aliphatic carbocycles. The molecule has 2 fully saturated rings. The predicted molar refractivity (Wildman–Crippen MR) is 119 cm³/mol. The van der Waals surface area contributed by atoms with E-state index in [0.29, 0.717) is 6.42 Å². The summed E-state index contributed by atoms with van der Waals surface area (Å²) >= 11 is 0. The summed E-state index contributed by atoms with van der Waals surface area (Å²) in [4.78, 5) is 11.2. The lowest BCUT2D eigenvalue weighted by atomic mass is 9.79. The number of hydrogen-bond donors (Lipinski definition) is 1.